The zero-order chi connectivity index (χ0) is 14.8. The average Bonchev–Trinajstić information content (AvgIpc) is 2.95. The molecule has 0 amide bonds. The van der Waals surface area contributed by atoms with Crippen molar-refractivity contribution >= 4 is 11.6 Å². The number of hydrogen-bond acceptors (Lipinski definition) is 2. The molecule has 1 heterocycles. The highest BCUT2D eigenvalue weighted by Crippen LogP contribution is 2.31. The maximum atomic E-state index is 6.29. The third-order valence-electron chi connectivity index (χ3n) is 4.11. The third-order valence-corrected chi connectivity index (χ3v) is 4.52. The molecule has 0 spiro atoms. The second-order valence-corrected chi connectivity index (χ2v) is 5.87. The van der Waals surface area contributed by atoms with Crippen molar-refractivity contribution in [2.24, 2.45) is 0 Å². The zero-order valence-electron chi connectivity index (χ0n) is 12.4. The lowest BCUT2D eigenvalue weighted by Crippen LogP contribution is -2.23. The first-order chi connectivity index (χ1) is 10.2. The van der Waals surface area contributed by atoms with Gasteiger partial charge in [0.05, 0.1) is 19.3 Å². The molecule has 0 radical (unpaired) electrons. The Labute approximate surface area is 131 Å². The van der Waals surface area contributed by atoms with Gasteiger partial charge in [-0.05, 0) is 47.4 Å². The van der Waals surface area contributed by atoms with Crippen molar-refractivity contribution < 1.29 is 4.74 Å². The van der Waals surface area contributed by atoms with Crippen molar-refractivity contribution in [3.05, 3.63) is 69.2 Å². The van der Waals surface area contributed by atoms with Crippen LogP contribution in [0.4, 0.5) is 0 Å². The first-order valence-corrected chi connectivity index (χ1v) is 7.76. The normalized spacial score (nSPS) is 15.0. The van der Waals surface area contributed by atoms with Gasteiger partial charge < -0.3 is 10.1 Å². The van der Waals surface area contributed by atoms with Crippen molar-refractivity contribution in [1.82, 2.24) is 5.32 Å². The van der Waals surface area contributed by atoms with Crippen molar-refractivity contribution in [2.75, 3.05) is 6.54 Å². The number of halogens is 1. The maximum absolute atomic E-state index is 6.29. The quantitative estimate of drug-likeness (QED) is 0.905. The summed E-state index contributed by atoms with van der Waals surface area (Å²) >= 11 is 6.29. The van der Waals surface area contributed by atoms with Crippen LogP contribution < -0.4 is 5.32 Å². The van der Waals surface area contributed by atoms with Gasteiger partial charge in [-0.2, -0.15) is 0 Å². The number of rotatable bonds is 4. The van der Waals surface area contributed by atoms with Crippen molar-refractivity contribution in [2.45, 2.75) is 33.1 Å². The van der Waals surface area contributed by atoms with Crippen LogP contribution in [0.2, 0.25) is 5.02 Å². The highest BCUT2D eigenvalue weighted by atomic mass is 35.5. The Hall–Kier alpha value is -1.35. The molecular formula is C18H20ClNO. The predicted molar refractivity (Wildman–Crippen MR) is 86.6 cm³/mol. The fourth-order valence-corrected chi connectivity index (χ4v) is 3.10. The van der Waals surface area contributed by atoms with Crippen LogP contribution in [0.3, 0.4) is 0 Å². The SMILES string of the molecule is CCNC(c1ccc2c(c1)COC2)c1cccc(Cl)c1C. The van der Waals surface area contributed by atoms with Crippen LogP contribution in [-0.2, 0) is 18.0 Å². The van der Waals surface area contributed by atoms with Crippen LogP contribution in [0.5, 0.6) is 0 Å². The van der Waals surface area contributed by atoms with Gasteiger partial charge in [-0.1, -0.05) is 48.9 Å². The van der Waals surface area contributed by atoms with Gasteiger partial charge in [0.1, 0.15) is 0 Å². The lowest BCUT2D eigenvalue weighted by molar-refractivity contribution is 0.134. The molecule has 0 fully saturated rings. The van der Waals surface area contributed by atoms with Crippen LogP contribution in [0, 0.1) is 6.92 Å². The Kier molecular flexibility index (Phi) is 4.29. The molecule has 1 N–H and O–H groups in total. The van der Waals surface area contributed by atoms with E-state index in [0.29, 0.717) is 0 Å². The van der Waals surface area contributed by atoms with E-state index in [1.54, 1.807) is 0 Å². The third kappa shape index (κ3) is 2.84. The minimum absolute atomic E-state index is 0.166. The van der Waals surface area contributed by atoms with Gasteiger partial charge >= 0.3 is 0 Å². The molecule has 1 atom stereocenters. The summed E-state index contributed by atoms with van der Waals surface area (Å²) in [4.78, 5) is 0. The molecule has 0 bridgehead atoms. The Morgan fingerprint density at radius 2 is 2.00 bits per heavy atom. The Balaban J connectivity index is 2.03. The minimum Gasteiger partial charge on any atom is -0.372 e. The van der Waals surface area contributed by atoms with Crippen LogP contribution in [0.15, 0.2) is 36.4 Å². The molecule has 3 rings (SSSR count). The second-order valence-electron chi connectivity index (χ2n) is 5.47. The highest BCUT2D eigenvalue weighted by molar-refractivity contribution is 6.31. The number of hydrogen-bond donors (Lipinski definition) is 1. The van der Waals surface area contributed by atoms with E-state index in [2.05, 4.69) is 43.4 Å². The molecule has 110 valence electrons. The van der Waals surface area contributed by atoms with Crippen molar-refractivity contribution in [1.29, 1.82) is 0 Å². The zero-order valence-corrected chi connectivity index (χ0v) is 13.2. The molecule has 2 nitrogen and oxygen atoms in total. The Bertz CT molecular complexity index is 654. The van der Waals surface area contributed by atoms with Gasteiger partial charge in [0.2, 0.25) is 0 Å². The Morgan fingerprint density at radius 1 is 1.19 bits per heavy atom. The van der Waals surface area contributed by atoms with Crippen LogP contribution in [0.1, 0.15) is 40.8 Å². The first kappa shape index (κ1) is 14.6. The summed E-state index contributed by atoms with van der Waals surface area (Å²) in [7, 11) is 0. The first-order valence-electron chi connectivity index (χ1n) is 7.38. The summed E-state index contributed by atoms with van der Waals surface area (Å²) in [6, 6.07) is 12.9. The summed E-state index contributed by atoms with van der Waals surface area (Å²) in [5.74, 6) is 0. The predicted octanol–water partition coefficient (Wildman–Crippen LogP) is 4.38. The van der Waals surface area contributed by atoms with E-state index in [1.807, 2.05) is 12.1 Å². The molecule has 0 saturated heterocycles. The van der Waals surface area contributed by atoms with E-state index in [1.165, 1.54) is 22.3 Å². The number of benzene rings is 2. The average molecular weight is 302 g/mol. The summed E-state index contributed by atoms with van der Waals surface area (Å²) in [5, 5.41) is 4.39. The standard InChI is InChI=1S/C18H20ClNO/c1-3-20-18(16-5-4-6-17(19)12(16)2)13-7-8-14-10-21-11-15(14)9-13/h4-9,18,20H,3,10-11H2,1-2H3. The van der Waals surface area contributed by atoms with E-state index in [9.17, 15) is 0 Å². The smallest absolute Gasteiger partial charge is 0.0725 e. The van der Waals surface area contributed by atoms with E-state index in [4.69, 9.17) is 16.3 Å². The van der Waals surface area contributed by atoms with Gasteiger partial charge in [0, 0.05) is 5.02 Å². The van der Waals surface area contributed by atoms with Gasteiger partial charge in [0.25, 0.3) is 0 Å². The number of nitrogens with one attached hydrogen (secondary N) is 1. The molecule has 3 heteroatoms. The van der Waals surface area contributed by atoms with Crippen molar-refractivity contribution in [3.8, 4) is 0 Å². The summed E-state index contributed by atoms with van der Waals surface area (Å²) in [5.41, 5.74) is 6.25. The fraction of sp³-hybridized carbons (Fsp3) is 0.333. The summed E-state index contributed by atoms with van der Waals surface area (Å²) in [6.45, 7) is 6.57. The van der Waals surface area contributed by atoms with E-state index >= 15 is 0 Å². The van der Waals surface area contributed by atoms with Crippen LogP contribution >= 0.6 is 11.6 Å². The molecule has 1 aliphatic rings. The molecule has 2 aromatic carbocycles. The van der Waals surface area contributed by atoms with Gasteiger partial charge in [-0.25, -0.2) is 0 Å². The maximum Gasteiger partial charge on any atom is 0.0725 e. The molecular weight excluding hydrogens is 282 g/mol. The van der Waals surface area contributed by atoms with E-state index in [0.717, 1.165) is 30.3 Å². The van der Waals surface area contributed by atoms with Crippen LogP contribution in [-0.4, -0.2) is 6.54 Å². The molecule has 0 aromatic heterocycles. The lowest BCUT2D eigenvalue weighted by atomic mass is 9.93. The summed E-state index contributed by atoms with van der Waals surface area (Å²) < 4.78 is 5.52. The lowest BCUT2D eigenvalue weighted by Gasteiger charge is -2.22. The topological polar surface area (TPSA) is 21.3 Å². The largest absolute Gasteiger partial charge is 0.372 e. The molecule has 1 aliphatic heterocycles. The molecule has 0 saturated carbocycles. The number of fused-ring (bicyclic) bond motifs is 1. The van der Waals surface area contributed by atoms with Crippen molar-refractivity contribution in [3.63, 3.8) is 0 Å². The van der Waals surface area contributed by atoms with E-state index in [-0.39, 0.29) is 6.04 Å². The minimum atomic E-state index is 0.166. The number of ether oxygens (including phenoxy) is 1. The second kappa shape index (κ2) is 6.18. The molecule has 2 aromatic rings. The molecule has 21 heavy (non-hydrogen) atoms. The van der Waals surface area contributed by atoms with Gasteiger partial charge in [0.15, 0.2) is 0 Å². The molecule has 1 unspecified atom stereocenters. The van der Waals surface area contributed by atoms with Gasteiger partial charge in [-0.3, -0.25) is 0 Å². The highest BCUT2D eigenvalue weighted by Gasteiger charge is 2.19. The fourth-order valence-electron chi connectivity index (χ4n) is 2.92. The Morgan fingerprint density at radius 3 is 2.81 bits per heavy atom. The van der Waals surface area contributed by atoms with E-state index < -0.39 is 0 Å². The van der Waals surface area contributed by atoms with Gasteiger partial charge in [-0.15, -0.1) is 0 Å². The monoisotopic (exact) mass is 301 g/mol. The van der Waals surface area contributed by atoms with Crippen LogP contribution in [0.25, 0.3) is 0 Å². The summed E-state index contributed by atoms with van der Waals surface area (Å²) in [6.07, 6.45) is 0. The molecule has 0 aliphatic carbocycles.